The van der Waals surface area contributed by atoms with Gasteiger partial charge in [-0.15, -0.1) is 11.3 Å². The van der Waals surface area contributed by atoms with Crippen molar-refractivity contribution in [3.8, 4) is 0 Å². The number of carbonyl (C=O) groups excluding carboxylic acids is 1. The largest absolute Gasteiger partial charge is 0.356 e. The Hall–Kier alpha value is -2.56. The molecule has 1 atom stereocenters. The van der Waals surface area contributed by atoms with Gasteiger partial charge in [0.15, 0.2) is 0 Å². The van der Waals surface area contributed by atoms with Gasteiger partial charge < -0.3 is 9.88 Å². The van der Waals surface area contributed by atoms with Crippen molar-refractivity contribution in [1.82, 2.24) is 9.88 Å². The van der Waals surface area contributed by atoms with Crippen molar-refractivity contribution in [3.63, 3.8) is 0 Å². The molecule has 3 nitrogen and oxygen atoms in total. The monoisotopic (exact) mass is 448 g/mol. The van der Waals surface area contributed by atoms with Gasteiger partial charge in [0.1, 0.15) is 0 Å². The predicted molar refractivity (Wildman–Crippen MR) is 129 cm³/mol. The number of nitrogens with zero attached hydrogens (tertiary/aromatic N) is 1. The Labute approximate surface area is 191 Å². The summed E-state index contributed by atoms with van der Waals surface area (Å²) in [7, 11) is 0. The van der Waals surface area contributed by atoms with Crippen molar-refractivity contribution in [3.05, 3.63) is 92.3 Å². The number of halogens is 1. The minimum atomic E-state index is -0.113. The Morgan fingerprint density at radius 3 is 2.77 bits per heavy atom. The van der Waals surface area contributed by atoms with Gasteiger partial charge in [-0.05, 0) is 59.2 Å². The van der Waals surface area contributed by atoms with Gasteiger partial charge in [0.25, 0.3) is 0 Å². The number of nitrogens with one attached hydrogen (secondary N) is 1. The second-order valence-electron chi connectivity index (χ2n) is 8.19. The van der Waals surface area contributed by atoms with E-state index in [4.69, 9.17) is 11.6 Å². The lowest BCUT2D eigenvalue weighted by molar-refractivity contribution is -0.132. The fraction of sp³-hybridized carbons (Fsp3) is 0.269. The van der Waals surface area contributed by atoms with E-state index in [0.29, 0.717) is 13.0 Å². The molecule has 2 aromatic carbocycles. The van der Waals surface area contributed by atoms with E-state index in [2.05, 4.69) is 36.2 Å². The van der Waals surface area contributed by atoms with Crippen LogP contribution in [0.1, 0.15) is 46.6 Å². The van der Waals surface area contributed by atoms with Crippen molar-refractivity contribution in [2.45, 2.75) is 38.6 Å². The first-order valence-electron chi connectivity index (χ1n) is 10.8. The van der Waals surface area contributed by atoms with E-state index in [9.17, 15) is 4.79 Å². The van der Waals surface area contributed by atoms with Gasteiger partial charge in [0.05, 0.1) is 12.5 Å². The third-order valence-electron chi connectivity index (χ3n) is 6.15. The van der Waals surface area contributed by atoms with Gasteiger partial charge in [0.2, 0.25) is 5.91 Å². The molecule has 0 radical (unpaired) electrons. The number of amides is 1. The molecule has 0 aliphatic carbocycles. The Morgan fingerprint density at radius 2 is 2.03 bits per heavy atom. The SMILES string of the molecule is CCCc1ccc(C2c3[nH]c4ccc(Cl)cc4c3CCN2C(=O)Cc2cccs2)cc1. The minimum absolute atomic E-state index is 0.113. The van der Waals surface area contributed by atoms with E-state index in [0.717, 1.165) is 45.9 Å². The highest BCUT2D eigenvalue weighted by Crippen LogP contribution is 2.39. The van der Waals surface area contributed by atoms with Gasteiger partial charge in [-0.25, -0.2) is 0 Å². The number of benzene rings is 2. The lowest BCUT2D eigenvalue weighted by Gasteiger charge is -2.36. The highest BCUT2D eigenvalue weighted by atomic mass is 35.5. The number of fused-ring (bicyclic) bond motifs is 3. The van der Waals surface area contributed by atoms with Crippen molar-refractivity contribution in [2.24, 2.45) is 0 Å². The molecule has 1 unspecified atom stereocenters. The zero-order chi connectivity index (χ0) is 21.4. The van der Waals surface area contributed by atoms with Crippen LogP contribution in [0.3, 0.4) is 0 Å². The molecule has 158 valence electrons. The summed E-state index contributed by atoms with van der Waals surface area (Å²) >= 11 is 7.94. The highest BCUT2D eigenvalue weighted by Gasteiger charge is 2.34. The van der Waals surface area contributed by atoms with Crippen LogP contribution in [0.15, 0.2) is 60.0 Å². The number of aromatic nitrogens is 1. The van der Waals surface area contributed by atoms with Crippen LogP contribution in [0.2, 0.25) is 5.02 Å². The third kappa shape index (κ3) is 3.90. The number of rotatable bonds is 5. The van der Waals surface area contributed by atoms with E-state index in [-0.39, 0.29) is 11.9 Å². The molecule has 5 heteroatoms. The molecule has 1 aliphatic heterocycles. The summed E-state index contributed by atoms with van der Waals surface area (Å²) < 4.78 is 0. The molecule has 0 bridgehead atoms. The average Bonchev–Trinajstić information content (AvgIpc) is 3.41. The smallest absolute Gasteiger partial charge is 0.228 e. The zero-order valence-corrected chi connectivity index (χ0v) is 19.1. The van der Waals surface area contributed by atoms with E-state index in [1.54, 1.807) is 11.3 Å². The number of hydrogen-bond acceptors (Lipinski definition) is 2. The van der Waals surface area contributed by atoms with Gasteiger partial charge in [0, 0.05) is 33.0 Å². The Bertz CT molecular complexity index is 1210. The molecule has 5 rings (SSSR count). The fourth-order valence-electron chi connectivity index (χ4n) is 4.70. The molecule has 1 amide bonds. The number of aromatic amines is 1. The van der Waals surface area contributed by atoms with Gasteiger partial charge >= 0.3 is 0 Å². The van der Waals surface area contributed by atoms with Crippen LogP contribution in [0, 0.1) is 0 Å². The summed E-state index contributed by atoms with van der Waals surface area (Å²) in [5, 5.41) is 3.94. The van der Waals surface area contributed by atoms with Crippen LogP contribution in [0.4, 0.5) is 0 Å². The van der Waals surface area contributed by atoms with E-state index < -0.39 is 0 Å². The van der Waals surface area contributed by atoms with E-state index >= 15 is 0 Å². The standard InChI is InChI=1S/C26H25ClN2OS/c1-2-4-17-6-8-18(9-7-17)26-25-21(22-15-19(27)10-11-23(22)28-25)12-13-29(26)24(30)16-20-5-3-14-31-20/h3,5-11,14-15,26,28H,2,4,12-13,16H2,1H3. The van der Waals surface area contributed by atoms with Crippen LogP contribution in [-0.4, -0.2) is 22.3 Å². The molecule has 31 heavy (non-hydrogen) atoms. The highest BCUT2D eigenvalue weighted by molar-refractivity contribution is 7.10. The molecule has 4 aromatic rings. The first-order valence-corrected chi connectivity index (χ1v) is 12.1. The van der Waals surface area contributed by atoms with Crippen molar-refractivity contribution < 1.29 is 4.79 Å². The maximum Gasteiger partial charge on any atom is 0.228 e. The second kappa shape index (κ2) is 8.52. The van der Waals surface area contributed by atoms with Crippen LogP contribution in [-0.2, 0) is 24.1 Å². The number of thiophene rings is 1. The maximum absolute atomic E-state index is 13.4. The molecule has 0 spiro atoms. The Kier molecular flexibility index (Phi) is 5.59. The van der Waals surface area contributed by atoms with Crippen LogP contribution in [0.5, 0.6) is 0 Å². The average molecular weight is 449 g/mol. The Balaban J connectivity index is 1.58. The molecule has 0 saturated carbocycles. The zero-order valence-electron chi connectivity index (χ0n) is 17.5. The summed E-state index contributed by atoms with van der Waals surface area (Å²) in [6, 6.07) is 18.7. The lowest BCUT2D eigenvalue weighted by atomic mass is 9.91. The molecular formula is C26H25ClN2OS. The van der Waals surface area contributed by atoms with Crippen LogP contribution in [0.25, 0.3) is 10.9 Å². The number of hydrogen-bond donors (Lipinski definition) is 1. The molecule has 1 aliphatic rings. The van der Waals surface area contributed by atoms with Gasteiger partial charge in [-0.3, -0.25) is 4.79 Å². The van der Waals surface area contributed by atoms with Gasteiger partial charge in [-0.1, -0.05) is 55.3 Å². The first kappa shape index (κ1) is 20.3. The van der Waals surface area contributed by atoms with Crippen molar-refractivity contribution in [2.75, 3.05) is 6.54 Å². The first-order chi connectivity index (χ1) is 15.1. The summed E-state index contributed by atoms with van der Waals surface area (Å²) in [6.45, 7) is 2.90. The molecule has 1 N–H and O–H groups in total. The summed E-state index contributed by atoms with van der Waals surface area (Å²) in [5.41, 5.74) is 5.96. The summed E-state index contributed by atoms with van der Waals surface area (Å²) in [6.07, 6.45) is 3.48. The quantitative estimate of drug-likeness (QED) is 0.369. The number of aryl methyl sites for hydroxylation is 1. The molecule has 0 saturated heterocycles. The minimum Gasteiger partial charge on any atom is -0.356 e. The van der Waals surface area contributed by atoms with Crippen molar-refractivity contribution >= 4 is 39.7 Å². The Morgan fingerprint density at radius 1 is 1.19 bits per heavy atom. The fourth-order valence-corrected chi connectivity index (χ4v) is 5.56. The van der Waals surface area contributed by atoms with E-state index in [1.165, 1.54) is 16.5 Å². The van der Waals surface area contributed by atoms with Crippen molar-refractivity contribution in [1.29, 1.82) is 0 Å². The summed E-state index contributed by atoms with van der Waals surface area (Å²) in [4.78, 5) is 20.2. The lowest BCUT2D eigenvalue weighted by Crippen LogP contribution is -2.41. The third-order valence-corrected chi connectivity index (χ3v) is 7.26. The molecule has 3 heterocycles. The van der Waals surface area contributed by atoms with E-state index in [1.807, 2.05) is 40.6 Å². The number of H-pyrrole nitrogens is 1. The number of carbonyl (C=O) groups is 1. The molecule has 2 aromatic heterocycles. The molecular weight excluding hydrogens is 424 g/mol. The molecule has 0 fully saturated rings. The predicted octanol–water partition coefficient (Wildman–Crippen LogP) is 6.55. The van der Waals surface area contributed by atoms with Crippen LogP contribution < -0.4 is 0 Å². The topological polar surface area (TPSA) is 36.1 Å². The second-order valence-corrected chi connectivity index (χ2v) is 9.66. The summed E-state index contributed by atoms with van der Waals surface area (Å²) in [5.74, 6) is 0.174. The van der Waals surface area contributed by atoms with Crippen LogP contribution >= 0.6 is 22.9 Å². The van der Waals surface area contributed by atoms with Gasteiger partial charge in [-0.2, -0.15) is 0 Å². The maximum atomic E-state index is 13.4. The normalized spacial score (nSPS) is 15.9.